The minimum absolute atomic E-state index is 0.210. The Labute approximate surface area is 174 Å². The van der Waals surface area contributed by atoms with Crippen LogP contribution in [-0.4, -0.2) is 60.7 Å². The van der Waals surface area contributed by atoms with Crippen LogP contribution in [0.15, 0.2) is 48.5 Å². The van der Waals surface area contributed by atoms with Gasteiger partial charge in [0.15, 0.2) is 0 Å². The Hall–Kier alpha value is -2.97. The molecule has 0 aliphatic carbocycles. The second-order valence-electron chi connectivity index (χ2n) is 6.97. The van der Waals surface area contributed by atoms with Crippen molar-refractivity contribution < 1.29 is 9.53 Å². The van der Waals surface area contributed by atoms with E-state index < -0.39 is 0 Å². The number of likely N-dealkylation sites (N-methyl/N-ethyl adjacent to an activating group) is 1. The lowest BCUT2D eigenvalue weighted by Crippen LogP contribution is -2.44. The molecule has 1 aliphatic rings. The lowest BCUT2D eigenvalue weighted by Gasteiger charge is -2.34. The number of ether oxygens (including phenoxy) is 1. The average Bonchev–Trinajstić information content (AvgIpc) is 3.25. The van der Waals surface area contributed by atoms with Gasteiger partial charge in [0.1, 0.15) is 16.3 Å². The van der Waals surface area contributed by atoms with Gasteiger partial charge in [-0.15, -0.1) is 5.10 Å². The van der Waals surface area contributed by atoms with Gasteiger partial charge in [-0.05, 0) is 67.1 Å². The summed E-state index contributed by atoms with van der Waals surface area (Å²) in [5, 5.41) is 7.10. The first-order chi connectivity index (χ1) is 14.1. The molecule has 4 rings (SSSR count). The summed E-state index contributed by atoms with van der Waals surface area (Å²) >= 11 is 1.09. The van der Waals surface area contributed by atoms with E-state index in [1.165, 1.54) is 5.69 Å². The third-order valence-corrected chi connectivity index (χ3v) is 5.78. The Morgan fingerprint density at radius 1 is 1.03 bits per heavy atom. The number of amides is 1. The fourth-order valence-electron chi connectivity index (χ4n) is 3.29. The highest BCUT2D eigenvalue weighted by molar-refractivity contribution is 7.08. The minimum Gasteiger partial charge on any atom is -0.497 e. The van der Waals surface area contributed by atoms with Crippen LogP contribution in [0.3, 0.4) is 0 Å². The topological polar surface area (TPSA) is 70.6 Å². The molecule has 150 valence electrons. The first-order valence-electron chi connectivity index (χ1n) is 9.46. The van der Waals surface area contributed by atoms with Crippen LogP contribution >= 0.6 is 11.5 Å². The van der Waals surface area contributed by atoms with Crippen LogP contribution in [0.2, 0.25) is 0 Å². The van der Waals surface area contributed by atoms with Crippen molar-refractivity contribution in [2.24, 2.45) is 0 Å². The van der Waals surface area contributed by atoms with E-state index in [9.17, 15) is 4.79 Å². The van der Waals surface area contributed by atoms with E-state index in [4.69, 9.17) is 4.74 Å². The largest absolute Gasteiger partial charge is 0.497 e. The Morgan fingerprint density at radius 3 is 2.38 bits per heavy atom. The number of hydrogen-bond acceptors (Lipinski definition) is 7. The van der Waals surface area contributed by atoms with Crippen LogP contribution in [0.1, 0.15) is 9.67 Å². The zero-order valence-electron chi connectivity index (χ0n) is 16.5. The van der Waals surface area contributed by atoms with Gasteiger partial charge in [0.2, 0.25) is 0 Å². The fourth-order valence-corrected chi connectivity index (χ4v) is 3.87. The van der Waals surface area contributed by atoms with Crippen molar-refractivity contribution in [3.63, 3.8) is 0 Å². The molecule has 0 radical (unpaired) electrons. The number of methoxy groups -OCH3 is 1. The smallest absolute Gasteiger partial charge is 0.269 e. The molecule has 0 unspecified atom stereocenters. The monoisotopic (exact) mass is 409 g/mol. The summed E-state index contributed by atoms with van der Waals surface area (Å²) in [4.78, 5) is 18.0. The molecule has 0 atom stereocenters. The third kappa shape index (κ3) is 4.38. The molecule has 1 fully saturated rings. The maximum atomic E-state index is 12.8. The Morgan fingerprint density at radius 2 is 1.72 bits per heavy atom. The number of nitrogens with zero attached hydrogens (tertiary/aromatic N) is 4. The number of anilines is 2. The predicted octanol–water partition coefficient (Wildman–Crippen LogP) is 3.22. The number of benzene rings is 2. The van der Waals surface area contributed by atoms with E-state index in [1.807, 2.05) is 36.4 Å². The Kier molecular flexibility index (Phi) is 5.73. The summed E-state index contributed by atoms with van der Waals surface area (Å²) < 4.78 is 9.16. The molecule has 1 aromatic heterocycles. The van der Waals surface area contributed by atoms with Gasteiger partial charge in [0.05, 0.1) is 7.11 Å². The maximum absolute atomic E-state index is 12.8. The van der Waals surface area contributed by atoms with Crippen molar-refractivity contribution in [3.05, 3.63) is 53.4 Å². The van der Waals surface area contributed by atoms with E-state index in [2.05, 4.69) is 43.9 Å². The highest BCUT2D eigenvalue weighted by atomic mass is 32.1. The van der Waals surface area contributed by atoms with Gasteiger partial charge in [-0.2, -0.15) is 0 Å². The lowest BCUT2D eigenvalue weighted by atomic mass is 10.1. The summed E-state index contributed by atoms with van der Waals surface area (Å²) in [5.74, 6) is 0.543. The summed E-state index contributed by atoms with van der Waals surface area (Å²) in [6.45, 7) is 4.15. The van der Waals surface area contributed by atoms with Gasteiger partial charge in [-0.1, -0.05) is 4.49 Å². The van der Waals surface area contributed by atoms with Crippen molar-refractivity contribution in [1.29, 1.82) is 0 Å². The normalized spacial score (nSPS) is 14.6. The number of nitrogens with one attached hydrogen (secondary N) is 1. The van der Waals surface area contributed by atoms with Crippen molar-refractivity contribution in [2.75, 3.05) is 50.6 Å². The van der Waals surface area contributed by atoms with Gasteiger partial charge >= 0.3 is 0 Å². The van der Waals surface area contributed by atoms with E-state index in [1.54, 1.807) is 7.11 Å². The zero-order chi connectivity index (χ0) is 20.2. The predicted molar refractivity (Wildman–Crippen MR) is 116 cm³/mol. The van der Waals surface area contributed by atoms with Crippen LogP contribution in [0, 0.1) is 0 Å². The van der Waals surface area contributed by atoms with E-state index in [0.717, 1.165) is 54.7 Å². The van der Waals surface area contributed by atoms with Gasteiger partial charge in [-0.25, -0.2) is 0 Å². The van der Waals surface area contributed by atoms with Gasteiger partial charge in [-0.3, -0.25) is 4.79 Å². The third-order valence-electron chi connectivity index (χ3n) is 5.05. The first kappa shape index (κ1) is 19.4. The highest BCUT2D eigenvalue weighted by Gasteiger charge is 2.19. The summed E-state index contributed by atoms with van der Waals surface area (Å²) in [5.41, 5.74) is 3.33. The summed E-state index contributed by atoms with van der Waals surface area (Å²) in [7, 11) is 3.76. The van der Waals surface area contributed by atoms with Crippen LogP contribution < -0.4 is 15.0 Å². The number of aromatic nitrogens is 2. The fraction of sp³-hybridized carbons (Fsp3) is 0.286. The molecule has 3 aromatic rings. The van der Waals surface area contributed by atoms with Crippen LogP contribution in [-0.2, 0) is 0 Å². The van der Waals surface area contributed by atoms with Crippen LogP contribution in [0.4, 0.5) is 11.4 Å². The van der Waals surface area contributed by atoms with E-state index in [-0.39, 0.29) is 5.91 Å². The molecule has 8 heteroatoms. The van der Waals surface area contributed by atoms with Gasteiger partial charge in [0.25, 0.3) is 5.91 Å². The molecule has 1 amide bonds. The standard InChI is InChI=1S/C21H23N5O2S/c1-25-11-13-26(14-12-25)17-7-5-16(6-8-17)22-21(27)20-19(23-24-29-20)15-3-9-18(28-2)10-4-15/h3-10H,11-14H2,1-2H3,(H,22,27). The van der Waals surface area contributed by atoms with E-state index >= 15 is 0 Å². The van der Waals surface area contributed by atoms with E-state index in [0.29, 0.717) is 10.6 Å². The number of rotatable bonds is 5. The van der Waals surface area contributed by atoms with Crippen molar-refractivity contribution in [1.82, 2.24) is 14.5 Å². The molecule has 2 aromatic carbocycles. The zero-order valence-corrected chi connectivity index (χ0v) is 17.3. The number of piperazine rings is 1. The van der Waals surface area contributed by atoms with Gasteiger partial charge < -0.3 is 19.9 Å². The Bertz CT molecular complexity index is 963. The summed E-state index contributed by atoms with van der Waals surface area (Å²) in [6.07, 6.45) is 0. The highest BCUT2D eigenvalue weighted by Crippen LogP contribution is 2.27. The molecule has 29 heavy (non-hydrogen) atoms. The number of carbonyl (C=O) groups is 1. The Balaban J connectivity index is 1.45. The second-order valence-corrected chi connectivity index (χ2v) is 7.72. The molecular formula is C21H23N5O2S. The molecule has 0 bridgehead atoms. The molecule has 1 aliphatic heterocycles. The SMILES string of the molecule is COc1ccc(-c2nnsc2C(=O)Nc2ccc(N3CCN(C)CC3)cc2)cc1. The molecule has 0 spiro atoms. The van der Waals surface area contributed by atoms with Crippen molar-refractivity contribution in [2.45, 2.75) is 0 Å². The molecule has 7 nitrogen and oxygen atoms in total. The lowest BCUT2D eigenvalue weighted by molar-refractivity contribution is 0.103. The molecule has 1 saturated heterocycles. The van der Waals surface area contributed by atoms with Gasteiger partial charge in [0, 0.05) is 43.1 Å². The van der Waals surface area contributed by atoms with Crippen molar-refractivity contribution in [3.8, 4) is 17.0 Å². The quantitative estimate of drug-likeness (QED) is 0.698. The molecular weight excluding hydrogens is 386 g/mol. The molecule has 2 heterocycles. The maximum Gasteiger partial charge on any atom is 0.269 e. The van der Waals surface area contributed by atoms with Crippen LogP contribution in [0.25, 0.3) is 11.3 Å². The van der Waals surface area contributed by atoms with Crippen molar-refractivity contribution >= 4 is 28.8 Å². The minimum atomic E-state index is -0.210. The average molecular weight is 410 g/mol. The summed E-state index contributed by atoms with van der Waals surface area (Å²) in [6, 6.07) is 15.4. The number of hydrogen-bond donors (Lipinski definition) is 1. The number of carbonyl (C=O) groups excluding carboxylic acids is 1. The second kappa shape index (κ2) is 8.59. The van der Waals surface area contributed by atoms with Crippen LogP contribution in [0.5, 0.6) is 5.75 Å². The molecule has 0 saturated carbocycles. The molecule has 1 N–H and O–H groups in total. The first-order valence-corrected chi connectivity index (χ1v) is 10.2.